The summed E-state index contributed by atoms with van der Waals surface area (Å²) in [6.45, 7) is 3.21. The first kappa shape index (κ1) is 54.2. The number of unbranched alkanes of at least 4 members (excludes halogenated alkanes) is 16. The maximum Gasteiger partial charge on any atom is 0.472 e. The number of epoxide rings is 1. The maximum atomic E-state index is 12.8. The van der Waals surface area contributed by atoms with Crippen molar-refractivity contribution in [1.82, 2.24) is 0 Å². The van der Waals surface area contributed by atoms with Gasteiger partial charge in [0.1, 0.15) is 43.2 Å². The molecule has 0 aromatic carbocycles. The van der Waals surface area contributed by atoms with Crippen LogP contribution in [-0.4, -0.2) is 111 Å². The second-order valence-corrected chi connectivity index (χ2v) is 17.7. The summed E-state index contributed by atoms with van der Waals surface area (Å²) in [6, 6.07) is 0. The lowest BCUT2D eigenvalue weighted by Crippen LogP contribution is -2.64. The van der Waals surface area contributed by atoms with Gasteiger partial charge in [0.2, 0.25) is 0 Å². The van der Waals surface area contributed by atoms with Crippen molar-refractivity contribution in [2.45, 2.75) is 223 Å². The second-order valence-electron chi connectivity index (χ2n) is 16.3. The van der Waals surface area contributed by atoms with Gasteiger partial charge in [-0.1, -0.05) is 140 Å². The molecule has 1 heterocycles. The number of hydrogen-bond donors (Lipinski definition) is 6. The Morgan fingerprint density at radius 2 is 1.05 bits per heavy atom. The fourth-order valence-electron chi connectivity index (χ4n) is 7.03. The fraction of sp³-hybridized carbons (Fsp3) is 0.822. The van der Waals surface area contributed by atoms with Crippen LogP contribution in [0.25, 0.3) is 0 Å². The van der Waals surface area contributed by atoms with Gasteiger partial charge < -0.3 is 44.6 Å². The van der Waals surface area contributed by atoms with Crippen molar-refractivity contribution < 1.29 is 67.8 Å². The lowest BCUT2D eigenvalue weighted by Gasteiger charge is -2.41. The number of hydrogen-bond acceptors (Lipinski definition) is 13. The quantitative estimate of drug-likeness (QED) is 0.0117. The average Bonchev–Trinajstić information content (AvgIpc) is 3.99. The smallest absolute Gasteiger partial charge is 0.462 e. The molecule has 0 bridgehead atoms. The van der Waals surface area contributed by atoms with Crippen LogP contribution in [0.1, 0.15) is 168 Å². The van der Waals surface area contributed by atoms with Crippen molar-refractivity contribution in [3.63, 3.8) is 0 Å². The molecule has 1 saturated carbocycles. The molecule has 1 aliphatic heterocycles. The van der Waals surface area contributed by atoms with Gasteiger partial charge in [-0.3, -0.25) is 18.6 Å². The fourth-order valence-corrected chi connectivity index (χ4v) is 8.00. The number of aliphatic hydroxyl groups is 5. The molecule has 1 aliphatic carbocycles. The molecule has 2 aliphatic rings. The monoisotopic (exact) mass is 875 g/mol. The Morgan fingerprint density at radius 3 is 1.65 bits per heavy atom. The zero-order valence-electron chi connectivity index (χ0n) is 36.4. The molecular weight excluding hydrogens is 795 g/mol. The standard InChI is InChI=1S/C45H79O14P/c1-3-5-7-9-11-12-13-14-15-16-19-23-27-31-38(46)55-33-35(34-56-60(53,54)59-45-43(51)41(49)40(48)42(50)44(45)52)57-39(47)32-28-24-20-17-18-22-26-30-37-36(58-37)29-25-21-10-8-6-4-2/h17,20-22,25-26,35-37,40-45,48-52H,3-16,18-19,23-24,27-34H2,1-2H3,(H,53,54)/b20-17-,25-21+,26-22-. The van der Waals surface area contributed by atoms with Gasteiger partial charge in [0.15, 0.2) is 6.10 Å². The molecule has 15 heteroatoms. The van der Waals surface area contributed by atoms with Gasteiger partial charge in [-0.05, 0) is 51.4 Å². The van der Waals surface area contributed by atoms with Crippen molar-refractivity contribution in [3.8, 4) is 0 Å². The predicted molar refractivity (Wildman–Crippen MR) is 230 cm³/mol. The Morgan fingerprint density at radius 1 is 0.583 bits per heavy atom. The van der Waals surface area contributed by atoms with E-state index in [1.807, 2.05) is 12.2 Å². The van der Waals surface area contributed by atoms with E-state index in [-0.39, 0.29) is 18.9 Å². The van der Waals surface area contributed by atoms with E-state index in [9.17, 15) is 44.6 Å². The minimum Gasteiger partial charge on any atom is -0.462 e. The number of rotatable bonds is 36. The van der Waals surface area contributed by atoms with Gasteiger partial charge in [-0.2, -0.15) is 0 Å². The number of ether oxygens (including phenoxy) is 3. The zero-order valence-corrected chi connectivity index (χ0v) is 37.3. The highest BCUT2D eigenvalue weighted by Crippen LogP contribution is 2.47. The van der Waals surface area contributed by atoms with Crippen LogP contribution < -0.4 is 0 Å². The van der Waals surface area contributed by atoms with Gasteiger partial charge in [0, 0.05) is 12.8 Å². The van der Waals surface area contributed by atoms with E-state index in [0.29, 0.717) is 25.4 Å². The van der Waals surface area contributed by atoms with Crippen LogP contribution in [0.15, 0.2) is 36.5 Å². The van der Waals surface area contributed by atoms with Crippen LogP contribution in [-0.2, 0) is 37.4 Å². The Labute approximate surface area is 359 Å². The molecule has 60 heavy (non-hydrogen) atoms. The number of esters is 2. The highest BCUT2D eigenvalue weighted by molar-refractivity contribution is 7.47. The van der Waals surface area contributed by atoms with Gasteiger partial charge in [0.05, 0.1) is 18.8 Å². The molecule has 0 amide bonds. The van der Waals surface area contributed by atoms with Crippen LogP contribution in [0, 0.1) is 0 Å². The highest BCUT2D eigenvalue weighted by atomic mass is 31.2. The molecule has 8 atom stereocenters. The Kier molecular flexibility index (Phi) is 29.5. The van der Waals surface area contributed by atoms with Gasteiger partial charge in [0.25, 0.3) is 0 Å². The van der Waals surface area contributed by atoms with E-state index in [2.05, 4.69) is 38.2 Å². The van der Waals surface area contributed by atoms with Crippen molar-refractivity contribution >= 4 is 19.8 Å². The van der Waals surface area contributed by atoms with Crippen LogP contribution >= 0.6 is 7.82 Å². The summed E-state index contributed by atoms with van der Waals surface area (Å²) in [7, 11) is -5.13. The number of allylic oxidation sites excluding steroid dienone is 4. The molecule has 8 unspecified atom stereocenters. The van der Waals surface area contributed by atoms with Crippen LogP contribution in [0.3, 0.4) is 0 Å². The number of carbonyl (C=O) groups excluding carboxylic acids is 2. The normalized spacial score (nSPS) is 25.9. The molecule has 348 valence electrons. The van der Waals surface area contributed by atoms with E-state index in [0.717, 1.165) is 44.9 Å². The van der Waals surface area contributed by atoms with E-state index < -0.39 is 75.7 Å². The van der Waals surface area contributed by atoms with Gasteiger partial charge >= 0.3 is 19.8 Å². The molecular formula is C45H79O14P. The molecule has 2 fully saturated rings. The van der Waals surface area contributed by atoms with E-state index >= 15 is 0 Å². The summed E-state index contributed by atoms with van der Waals surface area (Å²) in [4.78, 5) is 35.7. The highest BCUT2D eigenvalue weighted by Gasteiger charge is 2.51. The number of phosphoric ester groups is 1. The molecule has 0 aromatic heterocycles. The van der Waals surface area contributed by atoms with E-state index in [1.165, 1.54) is 77.0 Å². The summed E-state index contributed by atoms with van der Waals surface area (Å²) in [5.74, 6) is -1.17. The molecule has 1 saturated heterocycles. The lowest BCUT2D eigenvalue weighted by atomic mass is 9.85. The van der Waals surface area contributed by atoms with E-state index in [1.54, 1.807) is 0 Å². The SMILES string of the molecule is CCCCC/C=C/CC1OC1C/C=C\C/C=C\CCCC(=O)OC(COC(=O)CCCCCCCCCCCCCCC)COP(=O)(O)OC1C(O)C(O)C(O)C(O)C1O. The summed E-state index contributed by atoms with van der Waals surface area (Å²) in [5, 5.41) is 50.1. The third-order valence-corrected chi connectivity index (χ3v) is 11.9. The number of phosphoric acid groups is 1. The first-order valence-electron chi connectivity index (χ1n) is 22.9. The van der Waals surface area contributed by atoms with Crippen molar-refractivity contribution in [2.24, 2.45) is 0 Å². The first-order valence-corrected chi connectivity index (χ1v) is 24.4. The number of aliphatic hydroxyl groups excluding tert-OH is 5. The summed E-state index contributed by atoms with van der Waals surface area (Å²) >= 11 is 0. The minimum atomic E-state index is -5.13. The van der Waals surface area contributed by atoms with Crippen LogP contribution in [0.2, 0.25) is 0 Å². The third kappa shape index (κ3) is 24.6. The molecule has 2 rings (SSSR count). The number of carbonyl (C=O) groups is 2. The lowest BCUT2D eigenvalue weighted by molar-refractivity contribution is -0.220. The molecule has 14 nitrogen and oxygen atoms in total. The summed E-state index contributed by atoms with van der Waals surface area (Å²) < 4.78 is 39.2. The Hall–Kier alpha value is -1.97. The maximum absolute atomic E-state index is 12.8. The third-order valence-electron chi connectivity index (χ3n) is 10.9. The summed E-state index contributed by atoms with van der Waals surface area (Å²) in [5.41, 5.74) is 0. The van der Waals surface area contributed by atoms with Crippen molar-refractivity contribution in [3.05, 3.63) is 36.5 Å². The summed E-state index contributed by atoms with van der Waals surface area (Å²) in [6.07, 6.45) is 23.8. The van der Waals surface area contributed by atoms with Crippen LogP contribution in [0.5, 0.6) is 0 Å². The molecule has 6 N–H and O–H groups in total. The van der Waals surface area contributed by atoms with Gasteiger partial charge in [-0.25, -0.2) is 4.57 Å². The average molecular weight is 875 g/mol. The molecule has 0 aromatic rings. The van der Waals surface area contributed by atoms with Gasteiger partial charge in [-0.15, -0.1) is 0 Å². The Bertz CT molecular complexity index is 1260. The van der Waals surface area contributed by atoms with Crippen LogP contribution in [0.4, 0.5) is 0 Å². The zero-order chi connectivity index (χ0) is 44.0. The van der Waals surface area contributed by atoms with E-state index in [4.69, 9.17) is 23.3 Å². The predicted octanol–water partition coefficient (Wildman–Crippen LogP) is 7.60. The molecule has 0 radical (unpaired) electrons. The first-order chi connectivity index (χ1) is 28.9. The Balaban J connectivity index is 1.74. The topological polar surface area (TPSA) is 222 Å². The van der Waals surface area contributed by atoms with Crippen molar-refractivity contribution in [2.75, 3.05) is 13.2 Å². The minimum absolute atomic E-state index is 0.0168. The molecule has 0 spiro atoms. The second kappa shape index (κ2) is 32.7. The largest absolute Gasteiger partial charge is 0.472 e. The van der Waals surface area contributed by atoms with Crippen molar-refractivity contribution in [1.29, 1.82) is 0 Å².